The molecule has 0 spiro atoms. The summed E-state index contributed by atoms with van der Waals surface area (Å²) >= 11 is 0. The number of hydrogen-bond donors (Lipinski definition) is 4. The fourth-order valence-corrected chi connectivity index (χ4v) is 3.29. The predicted octanol–water partition coefficient (Wildman–Crippen LogP) is 0.329. The number of H-pyrrole nitrogens is 1. The van der Waals surface area contributed by atoms with Gasteiger partial charge < -0.3 is 25.5 Å². The zero-order valence-corrected chi connectivity index (χ0v) is 19.7. The Balaban J connectivity index is 2.19. The number of esters is 1. The zero-order valence-electron chi connectivity index (χ0n) is 19.7. The van der Waals surface area contributed by atoms with Crippen LogP contribution in [0.1, 0.15) is 11.6 Å². The van der Waals surface area contributed by atoms with E-state index in [1.165, 1.54) is 25.3 Å². The number of methoxy groups -OCH3 is 2. The number of fused-ring (bicyclic) bond motifs is 1. The van der Waals surface area contributed by atoms with Crippen molar-refractivity contribution in [3.63, 3.8) is 0 Å². The first-order valence-corrected chi connectivity index (χ1v) is 10.4. The number of para-hydroxylation sites is 2. The van der Waals surface area contributed by atoms with E-state index in [9.17, 15) is 34.1 Å². The number of nitrogens with zero attached hydrogens (tertiary/aromatic N) is 3. The number of nitrogens with two attached hydrogens (primary N) is 1. The van der Waals surface area contributed by atoms with Crippen molar-refractivity contribution >= 4 is 51.8 Å². The number of hydrazone groups is 1. The lowest BCUT2D eigenvalue weighted by Crippen LogP contribution is -2.41. The molecular formula is C22H19N7O9. The smallest absolute Gasteiger partial charge is 0.355 e. The van der Waals surface area contributed by atoms with Gasteiger partial charge in [-0.25, -0.2) is 20.0 Å². The maximum absolute atomic E-state index is 13.4. The van der Waals surface area contributed by atoms with Gasteiger partial charge in [-0.2, -0.15) is 5.10 Å². The van der Waals surface area contributed by atoms with Gasteiger partial charge in [0.15, 0.2) is 5.71 Å². The van der Waals surface area contributed by atoms with Crippen LogP contribution in [0, 0.1) is 10.1 Å². The van der Waals surface area contributed by atoms with Crippen molar-refractivity contribution in [3.05, 3.63) is 68.6 Å². The number of ketones is 1. The number of rotatable bonds is 9. The topological polar surface area (TPSA) is 238 Å². The normalized spacial score (nSPS) is 11.8. The summed E-state index contributed by atoms with van der Waals surface area (Å²) in [6.07, 6.45) is 0. The van der Waals surface area contributed by atoms with Gasteiger partial charge in [-0.15, -0.1) is 0 Å². The molecule has 0 saturated heterocycles. The fraction of sp³-hybridized carbons (Fsp3) is 0.136. The molecule has 0 fully saturated rings. The van der Waals surface area contributed by atoms with E-state index < -0.39 is 51.5 Å². The number of nitro benzene ring substituents is 1. The van der Waals surface area contributed by atoms with Crippen LogP contribution in [-0.2, 0) is 19.1 Å². The molecule has 5 N–H and O–H groups in total. The Hall–Kier alpha value is -5.67. The Kier molecular flexibility index (Phi) is 8.06. The number of ether oxygens (including phenoxy) is 2. The number of nitro groups is 1. The third-order valence-corrected chi connectivity index (χ3v) is 4.98. The van der Waals surface area contributed by atoms with Gasteiger partial charge in [0.25, 0.3) is 17.2 Å². The van der Waals surface area contributed by atoms with E-state index in [2.05, 4.69) is 25.1 Å². The van der Waals surface area contributed by atoms with Crippen LogP contribution in [0.5, 0.6) is 5.75 Å². The van der Waals surface area contributed by atoms with Gasteiger partial charge in [-0.05, 0) is 18.2 Å². The molecule has 0 aliphatic heterocycles. The lowest BCUT2D eigenvalue weighted by molar-refractivity contribution is -0.384. The summed E-state index contributed by atoms with van der Waals surface area (Å²) in [5.41, 5.74) is 3.73. The first-order valence-electron chi connectivity index (χ1n) is 10.4. The van der Waals surface area contributed by atoms with E-state index in [0.717, 1.165) is 19.2 Å². The van der Waals surface area contributed by atoms with E-state index in [4.69, 9.17) is 10.5 Å². The Morgan fingerprint density at radius 2 is 1.87 bits per heavy atom. The van der Waals surface area contributed by atoms with Crippen molar-refractivity contribution in [2.45, 2.75) is 5.92 Å². The van der Waals surface area contributed by atoms with Gasteiger partial charge in [-0.3, -0.25) is 24.5 Å². The largest absolute Gasteiger partial charge is 0.495 e. The predicted molar refractivity (Wildman–Crippen MR) is 131 cm³/mol. The lowest BCUT2D eigenvalue weighted by atomic mass is 9.93. The molecule has 38 heavy (non-hydrogen) atoms. The minimum absolute atomic E-state index is 0.0276. The van der Waals surface area contributed by atoms with Crippen LogP contribution in [0.3, 0.4) is 0 Å². The molecule has 1 aromatic heterocycles. The Morgan fingerprint density at radius 3 is 2.50 bits per heavy atom. The molecular weight excluding hydrogens is 506 g/mol. The highest BCUT2D eigenvalue weighted by molar-refractivity contribution is 6.53. The van der Waals surface area contributed by atoms with Gasteiger partial charge in [0.05, 0.1) is 35.9 Å². The molecule has 16 nitrogen and oxygen atoms in total. The lowest BCUT2D eigenvalue weighted by Gasteiger charge is -2.16. The van der Waals surface area contributed by atoms with Crippen molar-refractivity contribution in [1.29, 1.82) is 0 Å². The summed E-state index contributed by atoms with van der Waals surface area (Å²) in [6, 6.07) is 8.16. The number of amides is 3. The van der Waals surface area contributed by atoms with Gasteiger partial charge in [0.2, 0.25) is 5.78 Å². The summed E-state index contributed by atoms with van der Waals surface area (Å²) < 4.78 is 9.75. The summed E-state index contributed by atoms with van der Waals surface area (Å²) in [5.74, 6) is -5.91. The first-order chi connectivity index (χ1) is 18.1. The van der Waals surface area contributed by atoms with Crippen LogP contribution < -0.4 is 26.8 Å². The Bertz CT molecular complexity index is 1550. The molecule has 0 radical (unpaired) electrons. The van der Waals surface area contributed by atoms with E-state index in [1.54, 1.807) is 17.6 Å². The minimum Gasteiger partial charge on any atom is -0.495 e. The van der Waals surface area contributed by atoms with Crippen LogP contribution in [-0.4, -0.2) is 58.5 Å². The third kappa shape index (κ3) is 5.76. The molecule has 0 aliphatic carbocycles. The first kappa shape index (κ1) is 26.9. The zero-order chi connectivity index (χ0) is 28.0. The van der Waals surface area contributed by atoms with E-state index in [1.807, 2.05) is 0 Å². The number of carbonyl (C=O) groups excluding carboxylic acids is 4. The van der Waals surface area contributed by atoms with E-state index in [0.29, 0.717) is 0 Å². The second-order valence-corrected chi connectivity index (χ2v) is 7.33. The molecule has 3 amide bonds. The maximum Gasteiger partial charge on any atom is 0.355 e. The Morgan fingerprint density at radius 1 is 1.16 bits per heavy atom. The molecule has 0 aliphatic rings. The monoisotopic (exact) mass is 525 g/mol. The van der Waals surface area contributed by atoms with E-state index in [-0.39, 0.29) is 28.2 Å². The fourth-order valence-electron chi connectivity index (χ4n) is 3.29. The average molecular weight is 525 g/mol. The quantitative estimate of drug-likeness (QED) is 0.0981. The average Bonchev–Trinajstić information content (AvgIpc) is 2.89. The van der Waals surface area contributed by atoms with Crippen LogP contribution in [0.2, 0.25) is 0 Å². The molecule has 196 valence electrons. The van der Waals surface area contributed by atoms with Crippen molar-refractivity contribution in [2.75, 3.05) is 19.5 Å². The number of non-ortho nitro benzene ring substituents is 1. The van der Waals surface area contributed by atoms with Crippen LogP contribution in [0.15, 0.2) is 52.4 Å². The number of nitrogens with one attached hydrogen (secondary N) is 3. The molecule has 2 aromatic carbocycles. The second-order valence-electron chi connectivity index (χ2n) is 7.33. The molecule has 0 bridgehead atoms. The SMILES string of the molecule is COC(=O)/C(=N/NC(N)=O)C(C(=O)C(=O)Nc1ccccc1OC)c1nc2ccc([N+](=O)[O-])cc2[nH]c1=O. The standard InChI is InChI=1S/C22H19N7O9/c1-37-14-6-4-3-5-12(14)25-20(32)18(30)15(17(21(33)38-2)27-28-22(23)34)16-19(31)26-13-9-10(29(35)36)7-8-11(13)24-16/h3-9,15H,1-2H3,(H,25,32)(H,26,31)(H3,23,28,34)/b27-17+. The molecule has 0 saturated carbocycles. The highest BCUT2D eigenvalue weighted by atomic mass is 16.6. The number of primary amides is 1. The van der Waals surface area contributed by atoms with E-state index >= 15 is 0 Å². The Labute approximate surface area is 212 Å². The number of urea groups is 1. The summed E-state index contributed by atoms with van der Waals surface area (Å²) in [7, 11) is 2.26. The molecule has 1 heterocycles. The number of Topliss-reactive ketones (excluding diaryl/α,β-unsaturated/α-hetero) is 1. The molecule has 1 atom stereocenters. The molecule has 3 rings (SSSR count). The van der Waals surface area contributed by atoms with Crippen molar-refractivity contribution in [3.8, 4) is 5.75 Å². The van der Waals surface area contributed by atoms with Gasteiger partial charge in [-0.1, -0.05) is 12.1 Å². The maximum atomic E-state index is 13.4. The number of aromatic amines is 1. The number of anilines is 1. The van der Waals surface area contributed by atoms with Crippen LogP contribution in [0.25, 0.3) is 11.0 Å². The van der Waals surface area contributed by atoms with Crippen molar-refractivity contribution < 1.29 is 33.6 Å². The molecule has 1 unspecified atom stereocenters. The highest BCUT2D eigenvalue weighted by Gasteiger charge is 2.39. The van der Waals surface area contributed by atoms with Gasteiger partial charge in [0, 0.05) is 12.1 Å². The number of carbonyl (C=O) groups is 4. The molecule has 3 aromatic rings. The summed E-state index contributed by atoms with van der Waals surface area (Å²) in [4.78, 5) is 80.0. The van der Waals surface area contributed by atoms with Gasteiger partial charge in [0.1, 0.15) is 17.4 Å². The van der Waals surface area contributed by atoms with Crippen LogP contribution in [0.4, 0.5) is 16.2 Å². The minimum atomic E-state index is -2.10. The highest BCUT2D eigenvalue weighted by Crippen LogP contribution is 2.25. The summed E-state index contributed by atoms with van der Waals surface area (Å²) in [6.45, 7) is 0. The van der Waals surface area contributed by atoms with Crippen molar-refractivity contribution in [2.24, 2.45) is 10.8 Å². The second kappa shape index (κ2) is 11.4. The van der Waals surface area contributed by atoms with Gasteiger partial charge >= 0.3 is 12.0 Å². The third-order valence-electron chi connectivity index (χ3n) is 4.98. The number of aromatic nitrogens is 2. The number of hydrogen-bond acceptors (Lipinski definition) is 11. The van der Waals surface area contributed by atoms with Crippen LogP contribution >= 0.6 is 0 Å². The van der Waals surface area contributed by atoms with Crippen molar-refractivity contribution in [1.82, 2.24) is 15.4 Å². The molecule has 16 heteroatoms. The summed E-state index contributed by atoms with van der Waals surface area (Å²) in [5, 5.41) is 16.9. The number of benzene rings is 2.